The van der Waals surface area contributed by atoms with Crippen molar-refractivity contribution in [2.75, 3.05) is 0 Å². The fourth-order valence-electron chi connectivity index (χ4n) is 1.16. The minimum absolute atomic E-state index is 0.00986. The largest absolute Gasteiger partial charge is 0.506 e. The van der Waals surface area contributed by atoms with Crippen LogP contribution in [0.2, 0.25) is 0 Å². The van der Waals surface area contributed by atoms with Crippen LogP contribution in [0.1, 0.15) is 20.3 Å². The summed E-state index contributed by atoms with van der Waals surface area (Å²) < 4.78 is 0. The molecule has 0 saturated heterocycles. The molecule has 1 atom stereocenters. The number of carbonyl (C=O) groups is 1. The average molecular weight is 179 g/mol. The zero-order valence-corrected chi connectivity index (χ0v) is 7.82. The van der Waals surface area contributed by atoms with Gasteiger partial charge >= 0.3 is 0 Å². The molecule has 0 aliphatic carbocycles. The molecule has 0 bridgehead atoms. The molecule has 0 aromatic heterocycles. The molecular formula is C10H13NO2. The highest BCUT2D eigenvalue weighted by molar-refractivity contribution is 6.44. The molecular weight excluding hydrogens is 166 g/mol. The van der Waals surface area contributed by atoms with E-state index >= 15 is 0 Å². The van der Waals surface area contributed by atoms with Gasteiger partial charge in [-0.15, -0.1) is 0 Å². The van der Waals surface area contributed by atoms with Crippen LogP contribution in [0.15, 0.2) is 29.1 Å². The molecule has 0 fully saturated rings. The fourth-order valence-corrected chi connectivity index (χ4v) is 1.16. The third-order valence-electron chi connectivity index (χ3n) is 1.84. The van der Waals surface area contributed by atoms with Crippen LogP contribution in [0.25, 0.3) is 0 Å². The Morgan fingerprint density at radius 1 is 1.69 bits per heavy atom. The van der Waals surface area contributed by atoms with Crippen LogP contribution in [0.5, 0.6) is 0 Å². The first-order valence-corrected chi connectivity index (χ1v) is 4.26. The highest BCUT2D eigenvalue weighted by Crippen LogP contribution is 2.11. The minimum atomic E-state index is -0.215. The number of ketones is 1. The number of nitrogens with zero attached hydrogens (tertiary/aromatic N) is 1. The maximum atomic E-state index is 11.0. The minimum Gasteiger partial charge on any atom is -0.506 e. The van der Waals surface area contributed by atoms with Crippen molar-refractivity contribution in [2.45, 2.75) is 20.3 Å². The summed E-state index contributed by atoms with van der Waals surface area (Å²) in [6.07, 6.45) is 5.94. The maximum absolute atomic E-state index is 11.0. The van der Waals surface area contributed by atoms with E-state index in [-0.39, 0.29) is 23.2 Å². The van der Waals surface area contributed by atoms with Crippen molar-refractivity contribution in [3.8, 4) is 0 Å². The molecule has 1 unspecified atom stereocenters. The Balaban J connectivity index is 3.03. The van der Waals surface area contributed by atoms with Crippen molar-refractivity contribution in [3.63, 3.8) is 0 Å². The van der Waals surface area contributed by atoms with Crippen LogP contribution in [0.3, 0.4) is 0 Å². The van der Waals surface area contributed by atoms with Crippen molar-refractivity contribution >= 4 is 11.5 Å². The highest BCUT2D eigenvalue weighted by atomic mass is 16.3. The van der Waals surface area contributed by atoms with E-state index in [0.717, 1.165) is 6.42 Å². The van der Waals surface area contributed by atoms with Crippen LogP contribution >= 0.6 is 0 Å². The van der Waals surface area contributed by atoms with E-state index in [1.165, 1.54) is 6.92 Å². The normalized spacial score (nSPS) is 33.2. The zero-order valence-electron chi connectivity index (χ0n) is 7.82. The van der Waals surface area contributed by atoms with Crippen molar-refractivity contribution in [3.05, 3.63) is 24.1 Å². The van der Waals surface area contributed by atoms with E-state index in [1.54, 1.807) is 12.3 Å². The lowest BCUT2D eigenvalue weighted by atomic mass is 10.0. The van der Waals surface area contributed by atoms with Gasteiger partial charge in [0.25, 0.3) is 0 Å². The first-order valence-electron chi connectivity index (χ1n) is 4.26. The smallest absolute Gasteiger partial charge is 0.181 e. The lowest BCUT2D eigenvalue weighted by Gasteiger charge is -2.07. The molecule has 1 N–H and O–H groups in total. The van der Waals surface area contributed by atoms with E-state index in [4.69, 9.17) is 0 Å². The van der Waals surface area contributed by atoms with Gasteiger partial charge in [-0.25, -0.2) is 4.99 Å². The number of rotatable bonds is 1. The van der Waals surface area contributed by atoms with Crippen LogP contribution in [0.4, 0.5) is 0 Å². The molecule has 3 heteroatoms. The summed E-state index contributed by atoms with van der Waals surface area (Å²) in [6.45, 7) is 3.37. The summed E-state index contributed by atoms with van der Waals surface area (Å²) in [4.78, 5) is 14.9. The molecule has 1 aliphatic heterocycles. The average Bonchev–Trinajstić information content (AvgIpc) is 1.99. The van der Waals surface area contributed by atoms with E-state index in [2.05, 4.69) is 4.99 Å². The van der Waals surface area contributed by atoms with Gasteiger partial charge in [-0.2, -0.15) is 0 Å². The molecule has 0 spiro atoms. The molecule has 0 radical (unpaired) electrons. The van der Waals surface area contributed by atoms with Crippen LogP contribution < -0.4 is 0 Å². The van der Waals surface area contributed by atoms with E-state index in [0.29, 0.717) is 0 Å². The number of allylic oxidation sites excluding steroid dienone is 3. The third kappa shape index (κ3) is 2.54. The van der Waals surface area contributed by atoms with Gasteiger partial charge < -0.3 is 5.11 Å². The Hall–Kier alpha value is -1.38. The van der Waals surface area contributed by atoms with Gasteiger partial charge in [-0.1, -0.05) is 13.0 Å². The molecule has 1 rings (SSSR count). The van der Waals surface area contributed by atoms with Crippen molar-refractivity contribution in [1.29, 1.82) is 0 Å². The molecule has 0 aromatic rings. The first kappa shape index (κ1) is 9.71. The molecule has 0 amide bonds. The van der Waals surface area contributed by atoms with E-state index < -0.39 is 0 Å². The maximum Gasteiger partial charge on any atom is 0.181 e. The van der Waals surface area contributed by atoms with Gasteiger partial charge in [0.1, 0.15) is 11.5 Å². The summed E-state index contributed by atoms with van der Waals surface area (Å²) >= 11 is 0. The van der Waals surface area contributed by atoms with Crippen molar-refractivity contribution < 1.29 is 9.90 Å². The molecule has 0 saturated carbocycles. The van der Waals surface area contributed by atoms with Gasteiger partial charge in [0, 0.05) is 13.1 Å². The summed E-state index contributed by atoms with van der Waals surface area (Å²) in [5.74, 6) is 0.0120. The number of aliphatic hydroxyl groups excluding tert-OH is 1. The van der Waals surface area contributed by atoms with Gasteiger partial charge in [0.2, 0.25) is 0 Å². The molecule has 3 nitrogen and oxygen atoms in total. The highest BCUT2D eigenvalue weighted by Gasteiger charge is 2.12. The monoisotopic (exact) mass is 179 g/mol. The number of aliphatic imine (C=N–C) groups is 1. The summed E-state index contributed by atoms with van der Waals surface area (Å²) in [5, 5.41) is 9.49. The Bertz CT molecular complexity index is 300. The van der Waals surface area contributed by atoms with Gasteiger partial charge in [-0.05, 0) is 18.4 Å². The second-order valence-corrected chi connectivity index (χ2v) is 3.18. The van der Waals surface area contributed by atoms with Crippen molar-refractivity contribution in [1.82, 2.24) is 0 Å². The second kappa shape index (κ2) is 4.03. The van der Waals surface area contributed by atoms with E-state index in [9.17, 15) is 9.90 Å². The van der Waals surface area contributed by atoms with Crippen LogP contribution in [-0.4, -0.2) is 16.6 Å². The van der Waals surface area contributed by atoms with Crippen LogP contribution in [-0.2, 0) is 4.79 Å². The SMILES string of the molecule is CC(=O)C1=N\C=C\CC(C)/C=C\1O. The fraction of sp³-hybridized carbons (Fsp3) is 0.400. The Labute approximate surface area is 77.5 Å². The third-order valence-corrected chi connectivity index (χ3v) is 1.84. The lowest BCUT2D eigenvalue weighted by Crippen LogP contribution is -2.14. The summed E-state index contributed by atoms with van der Waals surface area (Å²) in [5.41, 5.74) is 0.141. The standard InChI is InChI=1S/C10H13NO2/c1-7-4-3-5-11-10(8(2)12)9(13)6-7/h3,5-7,13H,4H2,1-2H3/b5-3+,9-6+,11-10+. The van der Waals surface area contributed by atoms with Gasteiger partial charge in [-0.3, -0.25) is 4.79 Å². The van der Waals surface area contributed by atoms with Crippen molar-refractivity contribution in [2.24, 2.45) is 10.9 Å². The van der Waals surface area contributed by atoms with E-state index in [1.807, 2.05) is 13.0 Å². The number of Topliss-reactive ketones (excluding diaryl/α,β-unsaturated/α-hetero) is 1. The lowest BCUT2D eigenvalue weighted by molar-refractivity contribution is -0.111. The predicted octanol–water partition coefficient (Wildman–Crippen LogP) is 2.01. The summed E-state index contributed by atoms with van der Waals surface area (Å²) in [6, 6.07) is 0. The Morgan fingerprint density at radius 2 is 2.38 bits per heavy atom. The second-order valence-electron chi connectivity index (χ2n) is 3.18. The summed E-state index contributed by atoms with van der Waals surface area (Å²) in [7, 11) is 0. The molecule has 13 heavy (non-hydrogen) atoms. The number of hydrogen-bond acceptors (Lipinski definition) is 3. The van der Waals surface area contributed by atoms with Crippen LogP contribution in [0, 0.1) is 5.92 Å². The number of hydrogen-bond donors (Lipinski definition) is 1. The molecule has 70 valence electrons. The Kier molecular flexibility index (Phi) is 3.01. The topological polar surface area (TPSA) is 49.7 Å². The first-order chi connectivity index (χ1) is 6.11. The zero-order chi connectivity index (χ0) is 9.84. The number of aliphatic hydroxyl groups is 1. The van der Waals surface area contributed by atoms with Gasteiger partial charge in [0.15, 0.2) is 5.78 Å². The predicted molar refractivity (Wildman–Crippen MR) is 51.7 cm³/mol. The quantitative estimate of drug-likeness (QED) is 0.669. The van der Waals surface area contributed by atoms with Gasteiger partial charge in [0.05, 0.1) is 0 Å². The molecule has 0 aromatic carbocycles. The Morgan fingerprint density at radius 3 is 3.00 bits per heavy atom. The molecule has 1 aliphatic rings. The molecule has 1 heterocycles. The number of carbonyl (C=O) groups excluding carboxylic acids is 1.